The average molecular weight is 563 g/mol. The van der Waals surface area contributed by atoms with Crippen LogP contribution >= 0.6 is 27.3 Å². The smallest absolute Gasteiger partial charge is 0.338 e. The number of hydrogen-bond donors (Lipinski definition) is 0. The summed E-state index contributed by atoms with van der Waals surface area (Å²) in [5, 5.41) is 1.86. The summed E-state index contributed by atoms with van der Waals surface area (Å²) < 4.78 is 14.3. The average Bonchev–Trinajstić information content (AvgIpc) is 3.18. The molecule has 1 aromatic heterocycles. The fourth-order valence-electron chi connectivity index (χ4n) is 4.51. The minimum absolute atomic E-state index is 0.211. The number of halogens is 1. The quantitative estimate of drug-likeness (QED) is 0.330. The predicted molar refractivity (Wildman–Crippen MR) is 145 cm³/mol. The van der Waals surface area contributed by atoms with Gasteiger partial charge in [0.25, 0.3) is 5.56 Å². The van der Waals surface area contributed by atoms with Gasteiger partial charge in [0.15, 0.2) is 4.80 Å². The van der Waals surface area contributed by atoms with E-state index in [0.29, 0.717) is 26.4 Å². The first-order valence-electron chi connectivity index (χ1n) is 11.4. The molecule has 0 bridgehead atoms. The molecule has 1 aliphatic heterocycles. The second-order valence-electron chi connectivity index (χ2n) is 8.26. The van der Waals surface area contributed by atoms with Crippen molar-refractivity contribution in [2.24, 2.45) is 4.99 Å². The SMILES string of the molecule is CCOC(=O)C1=C(C)N=c2s/c(=C/c3ccc(Br)cc3)c(=O)n2[C@@H]1c1c(OC)ccc2ccccc12. The Morgan fingerprint density at radius 2 is 1.89 bits per heavy atom. The van der Waals surface area contributed by atoms with Crippen molar-refractivity contribution in [1.29, 1.82) is 0 Å². The maximum Gasteiger partial charge on any atom is 0.338 e. The molecule has 1 aliphatic rings. The Morgan fingerprint density at radius 3 is 2.61 bits per heavy atom. The lowest BCUT2D eigenvalue weighted by Crippen LogP contribution is -2.40. The molecular formula is C28H23BrN2O4S. The molecule has 6 nitrogen and oxygen atoms in total. The van der Waals surface area contributed by atoms with E-state index < -0.39 is 12.0 Å². The van der Waals surface area contributed by atoms with Gasteiger partial charge in [-0.2, -0.15) is 0 Å². The minimum Gasteiger partial charge on any atom is -0.496 e. The summed E-state index contributed by atoms with van der Waals surface area (Å²) in [6.07, 6.45) is 1.84. The van der Waals surface area contributed by atoms with Gasteiger partial charge in [-0.05, 0) is 54.5 Å². The maximum atomic E-state index is 13.9. The standard InChI is InChI=1S/C28H23BrN2O4S/c1-4-35-27(33)23-16(2)30-28-31(26(32)22(36-28)15-17-9-12-19(29)13-10-17)25(23)24-20-8-6-5-7-18(20)11-14-21(24)34-3/h5-15,25H,4H2,1-3H3/b22-15+/t25-/m0/s1. The molecular weight excluding hydrogens is 540 g/mol. The van der Waals surface area contributed by atoms with Crippen molar-refractivity contribution in [3.05, 3.63) is 107 Å². The van der Waals surface area contributed by atoms with E-state index in [1.807, 2.05) is 66.7 Å². The highest BCUT2D eigenvalue weighted by Gasteiger charge is 2.36. The lowest BCUT2D eigenvalue weighted by atomic mass is 9.90. The molecule has 4 aromatic rings. The number of aromatic nitrogens is 1. The highest BCUT2D eigenvalue weighted by Crippen LogP contribution is 2.40. The molecule has 0 saturated carbocycles. The summed E-state index contributed by atoms with van der Waals surface area (Å²) in [6, 6.07) is 18.7. The first-order chi connectivity index (χ1) is 17.4. The van der Waals surface area contributed by atoms with Gasteiger partial charge in [-0.25, -0.2) is 9.79 Å². The van der Waals surface area contributed by atoms with E-state index in [9.17, 15) is 9.59 Å². The largest absolute Gasteiger partial charge is 0.496 e. The second kappa shape index (κ2) is 9.87. The number of ether oxygens (including phenoxy) is 2. The van der Waals surface area contributed by atoms with Crippen molar-refractivity contribution in [2.45, 2.75) is 19.9 Å². The van der Waals surface area contributed by atoms with Gasteiger partial charge in [-0.3, -0.25) is 9.36 Å². The van der Waals surface area contributed by atoms with E-state index in [0.717, 1.165) is 26.4 Å². The van der Waals surface area contributed by atoms with Crippen LogP contribution in [-0.4, -0.2) is 24.3 Å². The fraction of sp³-hybridized carbons (Fsp3) is 0.179. The van der Waals surface area contributed by atoms with Crippen molar-refractivity contribution in [3.63, 3.8) is 0 Å². The van der Waals surface area contributed by atoms with E-state index in [1.54, 1.807) is 25.5 Å². The summed E-state index contributed by atoms with van der Waals surface area (Å²) in [5.41, 5.74) is 2.24. The van der Waals surface area contributed by atoms with Gasteiger partial charge >= 0.3 is 5.97 Å². The Labute approximate surface area is 220 Å². The summed E-state index contributed by atoms with van der Waals surface area (Å²) in [4.78, 5) is 32.4. The number of methoxy groups -OCH3 is 1. The molecule has 0 saturated heterocycles. The fourth-order valence-corrected chi connectivity index (χ4v) is 5.82. The van der Waals surface area contributed by atoms with Crippen LogP contribution in [0.5, 0.6) is 5.75 Å². The van der Waals surface area contributed by atoms with E-state index in [1.165, 1.54) is 11.3 Å². The van der Waals surface area contributed by atoms with Crippen molar-refractivity contribution >= 4 is 50.1 Å². The molecule has 0 radical (unpaired) electrons. The third-order valence-electron chi connectivity index (χ3n) is 6.11. The number of allylic oxidation sites excluding steroid dienone is 1. The maximum absolute atomic E-state index is 13.9. The Bertz CT molecular complexity index is 1700. The molecule has 0 unspecified atom stereocenters. The lowest BCUT2D eigenvalue weighted by Gasteiger charge is -2.27. The number of hydrogen-bond acceptors (Lipinski definition) is 6. The van der Waals surface area contributed by atoms with E-state index in [-0.39, 0.29) is 12.2 Å². The Balaban J connectivity index is 1.84. The topological polar surface area (TPSA) is 69.9 Å². The van der Waals surface area contributed by atoms with E-state index in [4.69, 9.17) is 9.47 Å². The highest BCUT2D eigenvalue weighted by atomic mass is 79.9. The first kappa shape index (κ1) is 24.2. The number of nitrogens with zero attached hydrogens (tertiary/aromatic N) is 2. The molecule has 1 atom stereocenters. The molecule has 8 heteroatoms. The predicted octanol–water partition coefficient (Wildman–Crippen LogP) is 4.72. The van der Waals surface area contributed by atoms with Gasteiger partial charge in [0.1, 0.15) is 11.8 Å². The van der Waals surface area contributed by atoms with Crippen molar-refractivity contribution in [2.75, 3.05) is 13.7 Å². The zero-order valence-electron chi connectivity index (χ0n) is 19.9. The van der Waals surface area contributed by atoms with Gasteiger partial charge in [-0.1, -0.05) is 69.7 Å². The third kappa shape index (κ3) is 4.20. The van der Waals surface area contributed by atoms with Crippen LogP contribution in [0, 0.1) is 0 Å². The third-order valence-corrected chi connectivity index (χ3v) is 7.62. The second-order valence-corrected chi connectivity index (χ2v) is 10.2. The number of carbonyl (C=O) groups is 1. The van der Waals surface area contributed by atoms with Crippen LogP contribution < -0.4 is 19.6 Å². The van der Waals surface area contributed by atoms with Crippen LogP contribution in [0.2, 0.25) is 0 Å². The Morgan fingerprint density at radius 1 is 1.14 bits per heavy atom. The molecule has 2 heterocycles. The van der Waals surface area contributed by atoms with Crippen LogP contribution in [0.15, 0.2) is 86.2 Å². The molecule has 0 amide bonds. The van der Waals surface area contributed by atoms with Crippen molar-refractivity contribution in [1.82, 2.24) is 4.57 Å². The molecule has 0 fully saturated rings. The van der Waals surface area contributed by atoms with Crippen molar-refractivity contribution in [3.8, 4) is 5.75 Å². The van der Waals surface area contributed by atoms with Gasteiger partial charge in [0.2, 0.25) is 0 Å². The molecule has 5 rings (SSSR count). The van der Waals surface area contributed by atoms with E-state index in [2.05, 4.69) is 20.9 Å². The molecule has 3 aromatic carbocycles. The number of rotatable bonds is 5. The monoisotopic (exact) mass is 562 g/mol. The number of benzene rings is 3. The van der Waals surface area contributed by atoms with Crippen LogP contribution in [0.1, 0.15) is 31.0 Å². The lowest BCUT2D eigenvalue weighted by molar-refractivity contribution is -0.139. The van der Waals surface area contributed by atoms with Crippen molar-refractivity contribution < 1.29 is 14.3 Å². The summed E-state index contributed by atoms with van der Waals surface area (Å²) in [7, 11) is 1.59. The van der Waals surface area contributed by atoms with Gasteiger partial charge < -0.3 is 9.47 Å². The zero-order chi connectivity index (χ0) is 25.4. The van der Waals surface area contributed by atoms with Crippen LogP contribution in [-0.2, 0) is 9.53 Å². The first-order valence-corrected chi connectivity index (χ1v) is 13.0. The number of fused-ring (bicyclic) bond motifs is 2. The highest BCUT2D eigenvalue weighted by molar-refractivity contribution is 9.10. The molecule has 182 valence electrons. The normalized spacial score (nSPS) is 15.6. The summed E-state index contributed by atoms with van der Waals surface area (Å²) in [6.45, 7) is 3.75. The van der Waals surface area contributed by atoms with Gasteiger partial charge in [0, 0.05) is 10.0 Å². The molecule has 0 spiro atoms. The van der Waals surface area contributed by atoms with Crippen LogP contribution in [0.4, 0.5) is 0 Å². The van der Waals surface area contributed by atoms with Gasteiger partial charge in [-0.15, -0.1) is 0 Å². The van der Waals surface area contributed by atoms with E-state index >= 15 is 0 Å². The minimum atomic E-state index is -0.756. The summed E-state index contributed by atoms with van der Waals surface area (Å²) in [5.74, 6) is 0.0821. The molecule has 0 N–H and O–H groups in total. The van der Waals surface area contributed by atoms with Gasteiger partial charge in [0.05, 0.1) is 29.5 Å². The Hall–Kier alpha value is -3.49. The zero-order valence-corrected chi connectivity index (χ0v) is 22.4. The van der Waals surface area contributed by atoms with Crippen LogP contribution in [0.3, 0.4) is 0 Å². The molecule has 36 heavy (non-hydrogen) atoms. The molecule has 0 aliphatic carbocycles. The Kier molecular flexibility index (Phi) is 6.64. The number of esters is 1. The van der Waals surface area contributed by atoms with Crippen LogP contribution in [0.25, 0.3) is 16.8 Å². The number of carbonyl (C=O) groups excluding carboxylic acids is 1. The summed E-state index contributed by atoms with van der Waals surface area (Å²) >= 11 is 4.74. The number of thiazole rings is 1.